The largest absolute Gasteiger partial charge is 0.334 e. The highest BCUT2D eigenvalue weighted by atomic mass is 35.5. The van der Waals surface area contributed by atoms with Crippen LogP contribution in [0.15, 0.2) is 61.2 Å². The summed E-state index contributed by atoms with van der Waals surface area (Å²) in [6.07, 6.45) is 1.60. The summed E-state index contributed by atoms with van der Waals surface area (Å²) in [6, 6.07) is 14.2. The van der Waals surface area contributed by atoms with Gasteiger partial charge >= 0.3 is 6.03 Å². The molecule has 0 saturated carbocycles. The Morgan fingerprint density at radius 3 is 2.42 bits per heavy atom. The molecule has 0 aliphatic carbocycles. The Labute approximate surface area is 162 Å². The lowest BCUT2D eigenvalue weighted by Crippen LogP contribution is -2.28. The molecule has 2 rings (SSSR count). The van der Waals surface area contributed by atoms with Crippen LogP contribution < -0.4 is 16.0 Å². The zero-order valence-corrected chi connectivity index (χ0v) is 15.7. The topological polar surface area (TPSA) is 70.2 Å². The molecule has 0 atom stereocenters. The summed E-state index contributed by atoms with van der Waals surface area (Å²) >= 11 is 7.46. The van der Waals surface area contributed by atoms with Gasteiger partial charge in [0.1, 0.15) is 0 Å². The van der Waals surface area contributed by atoms with Crippen LogP contribution in [0, 0.1) is 0 Å². The van der Waals surface area contributed by atoms with Crippen LogP contribution in [0.3, 0.4) is 0 Å². The Kier molecular flexibility index (Phi) is 8.05. The fourth-order valence-electron chi connectivity index (χ4n) is 2.06. The normalized spacial score (nSPS) is 10.0. The first kappa shape index (κ1) is 19.9. The van der Waals surface area contributed by atoms with Gasteiger partial charge in [-0.25, -0.2) is 4.79 Å². The number of nitrogens with one attached hydrogen (secondary N) is 3. The van der Waals surface area contributed by atoms with E-state index >= 15 is 0 Å². The number of amides is 3. The van der Waals surface area contributed by atoms with E-state index < -0.39 is 0 Å². The molecule has 2 aromatic rings. The molecule has 5 nitrogen and oxygen atoms in total. The average Bonchev–Trinajstić information content (AvgIpc) is 2.62. The highest BCUT2D eigenvalue weighted by Gasteiger charge is 2.05. The van der Waals surface area contributed by atoms with E-state index in [1.54, 1.807) is 30.3 Å². The summed E-state index contributed by atoms with van der Waals surface area (Å²) in [6.45, 7) is 3.93. The predicted molar refractivity (Wildman–Crippen MR) is 110 cm³/mol. The standard InChI is InChI=1S/C19H20ClN3O2S/c1-2-10-21-19(25)23-17-8-6-16(7-9-17)22-18(24)13-26-12-14-4-3-5-15(20)11-14/h2-9,11H,1,10,12-13H2,(H,22,24)(H2,21,23,25). The molecular weight excluding hydrogens is 370 g/mol. The van der Waals surface area contributed by atoms with Crippen LogP contribution in [0.5, 0.6) is 0 Å². The molecule has 26 heavy (non-hydrogen) atoms. The van der Waals surface area contributed by atoms with Crippen molar-refractivity contribution in [3.8, 4) is 0 Å². The predicted octanol–water partition coefficient (Wildman–Crippen LogP) is 4.52. The van der Waals surface area contributed by atoms with E-state index in [1.165, 1.54) is 11.8 Å². The number of benzene rings is 2. The van der Waals surface area contributed by atoms with Gasteiger partial charge in [-0.05, 0) is 42.0 Å². The van der Waals surface area contributed by atoms with E-state index in [2.05, 4.69) is 22.5 Å². The molecule has 0 aliphatic heterocycles. The van der Waals surface area contributed by atoms with Crippen LogP contribution in [-0.4, -0.2) is 24.2 Å². The summed E-state index contributed by atoms with van der Waals surface area (Å²) < 4.78 is 0. The van der Waals surface area contributed by atoms with Crippen molar-refractivity contribution >= 4 is 46.7 Å². The first-order valence-corrected chi connectivity index (χ1v) is 9.48. The Bertz CT molecular complexity index is 766. The van der Waals surface area contributed by atoms with Gasteiger partial charge in [-0.15, -0.1) is 18.3 Å². The molecule has 0 fully saturated rings. The molecule has 136 valence electrons. The van der Waals surface area contributed by atoms with Gasteiger partial charge in [0.05, 0.1) is 5.75 Å². The van der Waals surface area contributed by atoms with Crippen molar-refractivity contribution in [2.75, 3.05) is 22.9 Å². The summed E-state index contributed by atoms with van der Waals surface area (Å²) in [7, 11) is 0. The van der Waals surface area contributed by atoms with Crippen molar-refractivity contribution in [3.05, 3.63) is 71.8 Å². The lowest BCUT2D eigenvalue weighted by atomic mass is 10.2. The molecule has 3 amide bonds. The summed E-state index contributed by atoms with van der Waals surface area (Å²) in [5.74, 6) is 0.981. The van der Waals surface area contributed by atoms with Crippen molar-refractivity contribution in [2.24, 2.45) is 0 Å². The third-order valence-electron chi connectivity index (χ3n) is 3.22. The van der Waals surface area contributed by atoms with E-state index in [1.807, 2.05) is 24.3 Å². The van der Waals surface area contributed by atoms with Gasteiger partial charge < -0.3 is 16.0 Å². The molecule has 0 saturated heterocycles. The van der Waals surface area contributed by atoms with Crippen molar-refractivity contribution in [3.63, 3.8) is 0 Å². The van der Waals surface area contributed by atoms with Crippen LogP contribution in [0.1, 0.15) is 5.56 Å². The number of halogens is 1. The molecule has 7 heteroatoms. The molecular formula is C19H20ClN3O2S. The number of rotatable bonds is 8. The third-order valence-corrected chi connectivity index (χ3v) is 4.46. The number of thioether (sulfide) groups is 1. The van der Waals surface area contributed by atoms with Gasteiger partial charge in [0.25, 0.3) is 0 Å². The van der Waals surface area contributed by atoms with Gasteiger partial charge in [-0.1, -0.05) is 29.8 Å². The SMILES string of the molecule is C=CCNC(=O)Nc1ccc(NC(=O)CSCc2cccc(Cl)c2)cc1. The van der Waals surface area contributed by atoms with E-state index in [-0.39, 0.29) is 11.9 Å². The third kappa shape index (κ3) is 7.21. The first-order chi connectivity index (χ1) is 12.6. The fraction of sp³-hybridized carbons (Fsp3) is 0.158. The smallest absolute Gasteiger partial charge is 0.319 e. The number of carbonyl (C=O) groups is 2. The highest BCUT2D eigenvalue weighted by molar-refractivity contribution is 7.99. The number of anilines is 2. The van der Waals surface area contributed by atoms with Crippen molar-refractivity contribution in [1.82, 2.24) is 5.32 Å². The molecule has 2 aromatic carbocycles. The van der Waals surface area contributed by atoms with Crippen LogP contribution >= 0.6 is 23.4 Å². The minimum atomic E-state index is -0.306. The lowest BCUT2D eigenvalue weighted by Gasteiger charge is -2.08. The second-order valence-corrected chi connectivity index (χ2v) is 6.79. The molecule has 0 radical (unpaired) electrons. The van der Waals surface area contributed by atoms with E-state index in [9.17, 15) is 9.59 Å². The van der Waals surface area contributed by atoms with E-state index in [0.717, 1.165) is 11.3 Å². The van der Waals surface area contributed by atoms with E-state index in [0.29, 0.717) is 28.7 Å². The zero-order valence-electron chi connectivity index (χ0n) is 14.1. The first-order valence-electron chi connectivity index (χ1n) is 7.94. The Morgan fingerprint density at radius 1 is 1.08 bits per heavy atom. The second-order valence-electron chi connectivity index (χ2n) is 5.37. The van der Waals surface area contributed by atoms with E-state index in [4.69, 9.17) is 11.6 Å². The van der Waals surface area contributed by atoms with Crippen LogP contribution in [0.25, 0.3) is 0 Å². The zero-order chi connectivity index (χ0) is 18.8. The lowest BCUT2D eigenvalue weighted by molar-refractivity contribution is -0.113. The van der Waals surface area contributed by atoms with Crippen LogP contribution in [0.2, 0.25) is 5.02 Å². The van der Waals surface area contributed by atoms with Gasteiger partial charge in [-0.3, -0.25) is 4.79 Å². The summed E-state index contributed by atoms with van der Waals surface area (Å²) in [5, 5.41) is 8.83. The number of hydrogen-bond acceptors (Lipinski definition) is 3. The molecule has 0 bridgehead atoms. The maximum atomic E-state index is 12.0. The fourth-order valence-corrected chi connectivity index (χ4v) is 3.05. The van der Waals surface area contributed by atoms with Crippen molar-refractivity contribution < 1.29 is 9.59 Å². The maximum Gasteiger partial charge on any atom is 0.319 e. The van der Waals surface area contributed by atoms with Crippen molar-refractivity contribution in [2.45, 2.75) is 5.75 Å². The molecule has 0 spiro atoms. The number of carbonyl (C=O) groups excluding carboxylic acids is 2. The molecule has 0 aromatic heterocycles. The Morgan fingerprint density at radius 2 is 1.77 bits per heavy atom. The van der Waals surface area contributed by atoms with Gasteiger partial charge in [-0.2, -0.15) is 0 Å². The van der Waals surface area contributed by atoms with Gasteiger partial charge in [0, 0.05) is 28.7 Å². The van der Waals surface area contributed by atoms with Crippen molar-refractivity contribution in [1.29, 1.82) is 0 Å². The minimum Gasteiger partial charge on any atom is -0.334 e. The quantitative estimate of drug-likeness (QED) is 0.581. The monoisotopic (exact) mass is 389 g/mol. The summed E-state index contributed by atoms with van der Waals surface area (Å²) in [5.41, 5.74) is 2.40. The molecule has 3 N–H and O–H groups in total. The minimum absolute atomic E-state index is 0.0820. The number of hydrogen-bond donors (Lipinski definition) is 3. The van der Waals surface area contributed by atoms with Crippen LogP contribution in [-0.2, 0) is 10.5 Å². The van der Waals surface area contributed by atoms with Crippen LogP contribution in [0.4, 0.5) is 16.2 Å². The van der Waals surface area contributed by atoms with Gasteiger partial charge in [0.15, 0.2) is 0 Å². The van der Waals surface area contributed by atoms with Gasteiger partial charge in [0.2, 0.25) is 5.91 Å². The Balaban J connectivity index is 1.74. The molecule has 0 unspecified atom stereocenters. The highest BCUT2D eigenvalue weighted by Crippen LogP contribution is 2.18. The number of urea groups is 1. The molecule has 0 heterocycles. The Hall–Kier alpha value is -2.44. The maximum absolute atomic E-state index is 12.0. The summed E-state index contributed by atoms with van der Waals surface area (Å²) in [4.78, 5) is 23.5. The molecule has 0 aliphatic rings. The average molecular weight is 390 g/mol. The second kappa shape index (κ2) is 10.5.